The summed E-state index contributed by atoms with van der Waals surface area (Å²) in [4.78, 5) is 12.2. The van der Waals surface area contributed by atoms with Crippen molar-refractivity contribution in [1.29, 1.82) is 0 Å². The van der Waals surface area contributed by atoms with E-state index in [-0.39, 0.29) is 11.0 Å². The molecule has 4 heteroatoms. The van der Waals surface area contributed by atoms with E-state index in [0.717, 1.165) is 31.4 Å². The van der Waals surface area contributed by atoms with Crippen LogP contribution in [0, 0.1) is 11.6 Å². The van der Waals surface area contributed by atoms with Gasteiger partial charge in [-0.05, 0) is 31.0 Å². The normalized spacial score (nSPS) is 21.1. The second-order valence-electron chi connectivity index (χ2n) is 3.89. The number of benzene rings is 1. The van der Waals surface area contributed by atoms with Gasteiger partial charge >= 0.3 is 0 Å². The fraction of sp³-hybridized carbons (Fsp3) is 0.417. The summed E-state index contributed by atoms with van der Waals surface area (Å²) in [6.45, 7) is 0. The molecule has 0 radical (unpaired) electrons. The van der Waals surface area contributed by atoms with Crippen molar-refractivity contribution in [2.75, 3.05) is 0 Å². The lowest BCUT2D eigenvalue weighted by atomic mass is 9.99. The van der Waals surface area contributed by atoms with Crippen molar-refractivity contribution in [3.05, 3.63) is 29.8 Å². The van der Waals surface area contributed by atoms with E-state index in [4.69, 9.17) is 0 Å². The van der Waals surface area contributed by atoms with Crippen LogP contribution < -0.4 is 0 Å². The van der Waals surface area contributed by atoms with Crippen LogP contribution in [0.2, 0.25) is 0 Å². The first-order valence-corrected chi connectivity index (χ1v) is 6.19. The van der Waals surface area contributed by atoms with Gasteiger partial charge in [0.15, 0.2) is 11.6 Å². The zero-order chi connectivity index (χ0) is 11.5. The molecule has 0 N–H and O–H groups in total. The summed E-state index contributed by atoms with van der Waals surface area (Å²) in [6, 6.07) is 3.78. The van der Waals surface area contributed by atoms with E-state index in [1.165, 1.54) is 17.8 Å². The zero-order valence-electron chi connectivity index (χ0n) is 8.71. The number of ketones is 1. The van der Waals surface area contributed by atoms with Crippen LogP contribution in [0.1, 0.15) is 25.7 Å². The molecule has 0 aliphatic heterocycles. The van der Waals surface area contributed by atoms with Gasteiger partial charge in [-0.1, -0.05) is 6.42 Å². The van der Waals surface area contributed by atoms with Crippen LogP contribution in [0.5, 0.6) is 0 Å². The molecule has 1 nitrogen and oxygen atoms in total. The fourth-order valence-electron chi connectivity index (χ4n) is 1.79. The topological polar surface area (TPSA) is 17.1 Å². The predicted octanol–water partition coefficient (Wildman–Crippen LogP) is 3.57. The molecule has 1 aromatic carbocycles. The maximum atomic E-state index is 13.0. The quantitative estimate of drug-likeness (QED) is 0.788. The van der Waals surface area contributed by atoms with Crippen LogP contribution in [0.15, 0.2) is 23.1 Å². The van der Waals surface area contributed by atoms with Gasteiger partial charge in [-0.15, -0.1) is 11.8 Å². The molecular formula is C12H12F2OS. The molecule has 2 rings (SSSR count). The summed E-state index contributed by atoms with van der Waals surface area (Å²) in [5, 5.41) is -0.0846. The first kappa shape index (κ1) is 11.6. The van der Waals surface area contributed by atoms with Crippen molar-refractivity contribution in [3.63, 3.8) is 0 Å². The Kier molecular flexibility index (Phi) is 3.59. The number of carbonyl (C=O) groups excluding carboxylic acids is 1. The molecule has 1 fully saturated rings. The smallest absolute Gasteiger partial charge is 0.159 e. The minimum Gasteiger partial charge on any atom is -0.298 e. The molecule has 0 bridgehead atoms. The van der Waals surface area contributed by atoms with Gasteiger partial charge in [0.2, 0.25) is 0 Å². The Labute approximate surface area is 97.2 Å². The second kappa shape index (κ2) is 4.95. The average molecular weight is 242 g/mol. The lowest BCUT2D eigenvalue weighted by Crippen LogP contribution is -2.21. The summed E-state index contributed by atoms with van der Waals surface area (Å²) in [5.74, 6) is -1.48. The molecular weight excluding hydrogens is 230 g/mol. The Hall–Kier alpha value is -0.900. The van der Waals surface area contributed by atoms with Crippen LogP contribution in [-0.2, 0) is 4.79 Å². The molecule has 86 valence electrons. The van der Waals surface area contributed by atoms with Gasteiger partial charge in [-0.2, -0.15) is 0 Å². The first-order chi connectivity index (χ1) is 7.66. The van der Waals surface area contributed by atoms with Crippen molar-refractivity contribution in [1.82, 2.24) is 0 Å². The monoisotopic (exact) mass is 242 g/mol. The highest BCUT2D eigenvalue weighted by Crippen LogP contribution is 2.32. The van der Waals surface area contributed by atoms with Crippen molar-refractivity contribution in [3.8, 4) is 0 Å². The second-order valence-corrected chi connectivity index (χ2v) is 5.17. The van der Waals surface area contributed by atoms with Crippen LogP contribution in [0.3, 0.4) is 0 Å². The summed E-state index contributed by atoms with van der Waals surface area (Å²) >= 11 is 1.34. The van der Waals surface area contributed by atoms with E-state index in [1.54, 1.807) is 0 Å². The molecule has 0 aromatic heterocycles. The number of thioether (sulfide) groups is 1. The number of Topliss-reactive ketones (excluding diaryl/α,β-unsaturated/α-hetero) is 1. The van der Waals surface area contributed by atoms with Gasteiger partial charge in [-0.3, -0.25) is 4.79 Å². The highest BCUT2D eigenvalue weighted by molar-refractivity contribution is 8.00. The Balaban J connectivity index is 2.08. The highest BCUT2D eigenvalue weighted by atomic mass is 32.2. The third-order valence-electron chi connectivity index (χ3n) is 2.67. The predicted molar refractivity (Wildman–Crippen MR) is 59.5 cm³/mol. The number of rotatable bonds is 2. The largest absolute Gasteiger partial charge is 0.298 e. The maximum Gasteiger partial charge on any atom is 0.159 e. The van der Waals surface area contributed by atoms with E-state index < -0.39 is 11.6 Å². The van der Waals surface area contributed by atoms with Gasteiger partial charge in [0.25, 0.3) is 0 Å². The number of carbonyl (C=O) groups is 1. The highest BCUT2D eigenvalue weighted by Gasteiger charge is 2.23. The molecule has 16 heavy (non-hydrogen) atoms. The molecule has 0 spiro atoms. The van der Waals surface area contributed by atoms with Crippen molar-refractivity contribution >= 4 is 17.5 Å². The molecule has 0 heterocycles. The van der Waals surface area contributed by atoms with E-state index in [9.17, 15) is 13.6 Å². The summed E-state index contributed by atoms with van der Waals surface area (Å²) < 4.78 is 25.7. The number of hydrogen-bond donors (Lipinski definition) is 0. The van der Waals surface area contributed by atoms with Crippen LogP contribution in [0.25, 0.3) is 0 Å². The van der Waals surface area contributed by atoms with E-state index in [1.807, 2.05) is 0 Å². The maximum absolute atomic E-state index is 13.0. The molecule has 1 unspecified atom stereocenters. The van der Waals surface area contributed by atoms with Gasteiger partial charge in [-0.25, -0.2) is 8.78 Å². The average Bonchev–Trinajstić information content (AvgIpc) is 2.27. The van der Waals surface area contributed by atoms with Crippen molar-refractivity contribution < 1.29 is 13.6 Å². The number of hydrogen-bond acceptors (Lipinski definition) is 2. The van der Waals surface area contributed by atoms with E-state index in [0.29, 0.717) is 11.3 Å². The Morgan fingerprint density at radius 2 is 2.00 bits per heavy atom. The summed E-state index contributed by atoms with van der Waals surface area (Å²) in [7, 11) is 0. The Morgan fingerprint density at radius 1 is 1.19 bits per heavy atom. The molecule has 1 aliphatic rings. The molecule has 1 saturated carbocycles. The van der Waals surface area contributed by atoms with Crippen molar-refractivity contribution in [2.24, 2.45) is 0 Å². The molecule has 0 amide bonds. The van der Waals surface area contributed by atoms with Gasteiger partial charge in [0.1, 0.15) is 5.78 Å². The van der Waals surface area contributed by atoms with Gasteiger partial charge < -0.3 is 0 Å². The van der Waals surface area contributed by atoms with E-state index in [2.05, 4.69) is 0 Å². The zero-order valence-corrected chi connectivity index (χ0v) is 9.53. The van der Waals surface area contributed by atoms with Crippen molar-refractivity contribution in [2.45, 2.75) is 35.8 Å². The van der Waals surface area contributed by atoms with E-state index >= 15 is 0 Å². The summed E-state index contributed by atoms with van der Waals surface area (Å²) in [6.07, 6.45) is 3.44. The Morgan fingerprint density at radius 3 is 2.69 bits per heavy atom. The minimum atomic E-state index is -0.853. The first-order valence-electron chi connectivity index (χ1n) is 5.31. The van der Waals surface area contributed by atoms with Gasteiger partial charge in [0.05, 0.1) is 5.25 Å². The number of halogens is 2. The molecule has 1 aromatic rings. The lowest BCUT2D eigenvalue weighted by molar-refractivity contribution is -0.119. The SMILES string of the molecule is O=C1CCCCC1Sc1ccc(F)c(F)c1. The molecule has 1 atom stereocenters. The standard InChI is InChI=1S/C12H12F2OS/c13-9-6-5-8(7-10(9)14)16-12-4-2-1-3-11(12)15/h5-7,12H,1-4H2. The summed E-state index contributed by atoms with van der Waals surface area (Å²) in [5.41, 5.74) is 0. The molecule has 1 aliphatic carbocycles. The Bertz CT molecular complexity index is 406. The fourth-order valence-corrected chi connectivity index (χ4v) is 2.97. The third kappa shape index (κ3) is 2.61. The molecule has 0 saturated heterocycles. The van der Waals surface area contributed by atoms with Crippen LogP contribution in [0.4, 0.5) is 8.78 Å². The van der Waals surface area contributed by atoms with Crippen LogP contribution in [-0.4, -0.2) is 11.0 Å². The van der Waals surface area contributed by atoms with Crippen LogP contribution >= 0.6 is 11.8 Å². The minimum absolute atomic E-state index is 0.0846. The van der Waals surface area contributed by atoms with Gasteiger partial charge in [0, 0.05) is 11.3 Å². The lowest BCUT2D eigenvalue weighted by Gasteiger charge is -2.19. The third-order valence-corrected chi connectivity index (χ3v) is 3.98.